The van der Waals surface area contributed by atoms with Gasteiger partial charge < -0.3 is 39.6 Å². The highest BCUT2D eigenvalue weighted by Crippen LogP contribution is 2.53. The lowest BCUT2D eigenvalue weighted by Gasteiger charge is -2.36. The fourth-order valence-electron chi connectivity index (χ4n) is 2.95. The minimum atomic E-state index is -5.05. The Bertz CT molecular complexity index is 919. The third-order valence-corrected chi connectivity index (χ3v) is 6.69. The number of aryl methyl sites for hydroxylation is 2. The molecule has 2 aromatic carbocycles. The smallest absolute Gasteiger partial charge is 0.478 e. The molecule has 11 nitrogen and oxygen atoms in total. The molecule has 34 heavy (non-hydrogen) atoms. The molecule has 0 heterocycles. The van der Waals surface area contributed by atoms with Crippen molar-refractivity contribution in [2.75, 3.05) is 19.8 Å². The van der Waals surface area contributed by atoms with Gasteiger partial charge in [0.25, 0.3) is 0 Å². The van der Waals surface area contributed by atoms with E-state index in [4.69, 9.17) is 24.3 Å². The van der Waals surface area contributed by atoms with Crippen LogP contribution in [-0.4, -0.2) is 54.7 Å². The molecule has 1 unspecified atom stereocenters. The summed E-state index contributed by atoms with van der Waals surface area (Å²) in [5, 5.41) is 29.6. The topological polar surface area (TPSA) is 194 Å². The van der Waals surface area contributed by atoms with Crippen LogP contribution in [0, 0.1) is 5.41 Å². The molecular formula is C21H32O11P2. The number of ether oxygens (including phenoxy) is 1. The molecule has 0 saturated heterocycles. The molecular weight excluding hydrogens is 490 g/mol. The molecule has 0 spiro atoms. The number of phosphoric acid groups is 2. The second kappa shape index (κ2) is 13.5. The van der Waals surface area contributed by atoms with Gasteiger partial charge in [0.05, 0.1) is 25.2 Å². The van der Waals surface area contributed by atoms with Crippen molar-refractivity contribution in [3.8, 4) is 5.75 Å². The van der Waals surface area contributed by atoms with Gasteiger partial charge in [-0.25, -0.2) is 9.13 Å². The number of aliphatic hydroxyl groups is 3. The number of aliphatic hydroxyl groups excluding tert-OH is 3. The van der Waals surface area contributed by atoms with Crippen molar-refractivity contribution in [3.63, 3.8) is 0 Å². The molecule has 0 aliphatic heterocycles. The molecule has 0 fully saturated rings. The van der Waals surface area contributed by atoms with Crippen LogP contribution in [0.2, 0.25) is 0 Å². The number of rotatable bonds is 11. The zero-order valence-electron chi connectivity index (χ0n) is 18.9. The van der Waals surface area contributed by atoms with Crippen molar-refractivity contribution >= 4 is 15.6 Å². The number of benzene rings is 2. The normalized spacial score (nSPS) is 13.1. The van der Waals surface area contributed by atoms with E-state index >= 15 is 0 Å². The van der Waals surface area contributed by atoms with Gasteiger partial charge in [-0.3, -0.25) is 0 Å². The number of hydrogen-bond donors (Lipinski definition) is 7. The van der Waals surface area contributed by atoms with E-state index in [1.54, 1.807) is 0 Å². The van der Waals surface area contributed by atoms with E-state index in [-0.39, 0.29) is 19.8 Å². The largest absolute Gasteiger partial charge is 0.485 e. The van der Waals surface area contributed by atoms with E-state index in [0.29, 0.717) is 5.75 Å². The Morgan fingerprint density at radius 2 is 1.12 bits per heavy atom. The van der Waals surface area contributed by atoms with Crippen LogP contribution in [0.3, 0.4) is 0 Å². The van der Waals surface area contributed by atoms with Crippen molar-refractivity contribution in [2.24, 2.45) is 5.41 Å². The lowest BCUT2D eigenvalue weighted by molar-refractivity contribution is -0.0742. The van der Waals surface area contributed by atoms with Crippen molar-refractivity contribution in [3.05, 3.63) is 65.2 Å². The predicted molar refractivity (Wildman–Crippen MR) is 124 cm³/mol. The standard InChI is InChI=1S/C21H28O4.H4O7P2/c1-3-16-5-9-18(10-6-16)20(21(13-22,14-23)15-24)25-19-11-7-17(4-2)8-12-19;1-8(2,3)7-9(4,5)6/h5-12,20,22-24H,3-4,13-15H2,1-2H3;(H2,1,2,3)(H2,4,5,6). The molecule has 7 N–H and O–H groups in total. The summed E-state index contributed by atoms with van der Waals surface area (Å²) in [6.07, 6.45) is 1.21. The highest BCUT2D eigenvalue weighted by Gasteiger charge is 2.40. The Morgan fingerprint density at radius 3 is 1.41 bits per heavy atom. The fraction of sp³-hybridized carbons (Fsp3) is 0.429. The molecule has 0 saturated carbocycles. The number of hydrogen-bond acceptors (Lipinski definition) is 7. The van der Waals surface area contributed by atoms with Gasteiger partial charge in [0.1, 0.15) is 11.9 Å². The lowest BCUT2D eigenvalue weighted by Crippen LogP contribution is -2.42. The van der Waals surface area contributed by atoms with Crippen molar-refractivity contribution in [1.29, 1.82) is 0 Å². The molecule has 2 rings (SSSR count). The average Bonchev–Trinajstić information content (AvgIpc) is 2.78. The maximum absolute atomic E-state index is 9.87. The van der Waals surface area contributed by atoms with Crippen LogP contribution in [0.4, 0.5) is 0 Å². The monoisotopic (exact) mass is 522 g/mol. The van der Waals surface area contributed by atoms with Crippen LogP contribution >= 0.6 is 15.6 Å². The second-order valence-corrected chi connectivity index (χ2v) is 10.1. The highest BCUT2D eigenvalue weighted by atomic mass is 31.3. The molecule has 0 aliphatic rings. The van der Waals surface area contributed by atoms with Crippen molar-refractivity contribution in [1.82, 2.24) is 0 Å². The summed E-state index contributed by atoms with van der Waals surface area (Å²) in [5.41, 5.74) is 2.04. The van der Waals surface area contributed by atoms with Crippen LogP contribution in [0.1, 0.15) is 36.6 Å². The third kappa shape index (κ3) is 9.93. The summed E-state index contributed by atoms with van der Waals surface area (Å²) in [4.78, 5) is 31.0. The molecule has 0 amide bonds. The van der Waals surface area contributed by atoms with Gasteiger partial charge in [-0.2, -0.15) is 4.31 Å². The van der Waals surface area contributed by atoms with Crippen LogP contribution in [0.5, 0.6) is 5.75 Å². The van der Waals surface area contributed by atoms with E-state index in [1.165, 1.54) is 11.1 Å². The van der Waals surface area contributed by atoms with Gasteiger partial charge in [-0.05, 0) is 41.7 Å². The summed E-state index contributed by atoms with van der Waals surface area (Å²) in [7, 11) is -10.1. The highest BCUT2D eigenvalue weighted by molar-refractivity contribution is 7.60. The zero-order chi connectivity index (χ0) is 26.0. The van der Waals surface area contributed by atoms with Gasteiger partial charge in [0.2, 0.25) is 0 Å². The van der Waals surface area contributed by atoms with E-state index in [1.807, 2.05) is 48.5 Å². The van der Waals surface area contributed by atoms with Gasteiger partial charge in [-0.15, -0.1) is 0 Å². The molecule has 2 aromatic rings. The Balaban J connectivity index is 0.000000546. The van der Waals surface area contributed by atoms with Gasteiger partial charge in [0, 0.05) is 0 Å². The Morgan fingerprint density at radius 1 is 0.735 bits per heavy atom. The SMILES string of the molecule is CCc1ccc(OC(c2ccc(CC)cc2)C(CO)(CO)CO)cc1.O=P(O)(O)OP(=O)(O)O. The molecule has 0 aliphatic carbocycles. The first-order valence-corrected chi connectivity index (χ1v) is 13.4. The van der Waals surface area contributed by atoms with E-state index < -0.39 is 27.2 Å². The Hall–Kier alpha value is -1.62. The molecule has 13 heteroatoms. The van der Waals surface area contributed by atoms with E-state index in [9.17, 15) is 24.4 Å². The lowest BCUT2D eigenvalue weighted by atomic mass is 9.80. The van der Waals surface area contributed by atoms with Crippen LogP contribution in [-0.2, 0) is 26.3 Å². The van der Waals surface area contributed by atoms with Gasteiger partial charge in [-0.1, -0.05) is 50.2 Å². The van der Waals surface area contributed by atoms with Gasteiger partial charge in [0.15, 0.2) is 0 Å². The zero-order valence-corrected chi connectivity index (χ0v) is 20.7. The molecule has 0 bridgehead atoms. The maximum atomic E-state index is 9.87. The Kier molecular flexibility index (Phi) is 12.0. The second-order valence-electron chi connectivity index (χ2n) is 7.49. The van der Waals surface area contributed by atoms with Crippen molar-refractivity contribution in [2.45, 2.75) is 32.8 Å². The van der Waals surface area contributed by atoms with Crippen molar-refractivity contribution < 1.29 is 53.1 Å². The predicted octanol–water partition coefficient (Wildman–Crippen LogP) is 2.08. The van der Waals surface area contributed by atoms with Crippen LogP contribution in [0.25, 0.3) is 0 Å². The minimum absolute atomic E-state index is 0.382. The Labute approximate surface area is 198 Å². The first kappa shape index (κ1) is 30.4. The molecule has 192 valence electrons. The summed E-state index contributed by atoms with van der Waals surface area (Å²) in [6.45, 7) is 3.02. The van der Waals surface area contributed by atoms with Crippen LogP contribution in [0.15, 0.2) is 48.5 Å². The van der Waals surface area contributed by atoms with Crippen LogP contribution < -0.4 is 4.74 Å². The van der Waals surface area contributed by atoms with E-state index in [2.05, 4.69) is 18.2 Å². The third-order valence-electron chi connectivity index (χ3n) is 4.99. The molecule has 0 radical (unpaired) electrons. The summed E-state index contributed by atoms with van der Waals surface area (Å²) in [5.74, 6) is 0.640. The summed E-state index contributed by atoms with van der Waals surface area (Å²) < 4.78 is 28.3. The first-order valence-electron chi connectivity index (χ1n) is 10.3. The summed E-state index contributed by atoms with van der Waals surface area (Å²) >= 11 is 0. The molecule has 0 aromatic heterocycles. The maximum Gasteiger partial charge on any atom is 0.478 e. The van der Waals surface area contributed by atoms with Gasteiger partial charge >= 0.3 is 15.6 Å². The van der Waals surface area contributed by atoms with E-state index in [0.717, 1.165) is 18.4 Å². The average molecular weight is 522 g/mol. The quantitative estimate of drug-likeness (QED) is 0.214. The minimum Gasteiger partial charge on any atom is -0.485 e. The first-order chi connectivity index (χ1) is 15.8. The summed E-state index contributed by atoms with van der Waals surface area (Å²) in [6, 6.07) is 15.6. The fourth-order valence-corrected chi connectivity index (χ4v) is 4.06. The molecule has 1 atom stereocenters.